The molecule has 0 amide bonds. The minimum Gasteiger partial charge on any atom is -0.481 e. The van der Waals surface area contributed by atoms with E-state index in [1.54, 1.807) is 0 Å². The van der Waals surface area contributed by atoms with Crippen molar-refractivity contribution in [1.82, 2.24) is 5.32 Å². The molecule has 3 heteroatoms. The van der Waals surface area contributed by atoms with Crippen LogP contribution in [0.4, 0.5) is 0 Å². The number of carboxylic acid groups (broad SMARTS) is 1. The molecule has 0 aromatic heterocycles. The lowest BCUT2D eigenvalue weighted by Gasteiger charge is -2.26. The van der Waals surface area contributed by atoms with Gasteiger partial charge in [-0.05, 0) is 18.4 Å². The van der Waals surface area contributed by atoms with E-state index in [2.05, 4.69) is 31.3 Å². The Morgan fingerprint density at radius 3 is 2.44 bits per heavy atom. The van der Waals surface area contributed by atoms with Crippen molar-refractivity contribution < 1.29 is 9.90 Å². The molecule has 98 valence electrons. The van der Waals surface area contributed by atoms with Gasteiger partial charge in [0.05, 0.1) is 5.41 Å². The number of aliphatic carboxylic acids is 1. The normalized spacial score (nSPS) is 17.4. The average Bonchev–Trinajstić information content (AvgIpc) is 3.11. The zero-order chi connectivity index (χ0) is 13.2. The van der Waals surface area contributed by atoms with Gasteiger partial charge in [0.15, 0.2) is 0 Å². The number of hydrogen-bond acceptors (Lipinski definition) is 2. The van der Waals surface area contributed by atoms with Crippen molar-refractivity contribution in [1.29, 1.82) is 0 Å². The lowest BCUT2D eigenvalue weighted by atomic mass is 9.84. The van der Waals surface area contributed by atoms with Crippen LogP contribution in [-0.4, -0.2) is 24.2 Å². The molecule has 0 heterocycles. The quantitative estimate of drug-likeness (QED) is 0.811. The molecule has 0 radical (unpaired) electrons. The first-order valence-electron chi connectivity index (χ1n) is 6.46. The lowest BCUT2D eigenvalue weighted by molar-refractivity contribution is -0.143. The van der Waals surface area contributed by atoms with E-state index in [0.717, 1.165) is 19.4 Å². The number of nitrogens with one attached hydrogen (secondary N) is 1. The minimum atomic E-state index is -0.660. The molecule has 1 saturated carbocycles. The third kappa shape index (κ3) is 2.72. The van der Waals surface area contributed by atoms with Gasteiger partial charge in [0.1, 0.15) is 0 Å². The fraction of sp³-hybridized carbons (Fsp3) is 0.533. The van der Waals surface area contributed by atoms with Crippen molar-refractivity contribution >= 4 is 5.97 Å². The lowest BCUT2D eigenvalue weighted by Crippen LogP contribution is -2.38. The summed E-state index contributed by atoms with van der Waals surface area (Å²) in [6.45, 7) is 5.73. The molecular formula is C15H21NO2. The first-order valence-corrected chi connectivity index (χ1v) is 6.46. The highest BCUT2D eigenvalue weighted by molar-refractivity contribution is 5.78. The molecule has 0 atom stereocenters. The van der Waals surface area contributed by atoms with Crippen LogP contribution in [0, 0.1) is 5.41 Å². The SMILES string of the molecule is CC(C)(CNCC1(C(=O)O)CC1)c1ccccc1. The highest BCUT2D eigenvalue weighted by Gasteiger charge is 2.49. The molecule has 1 aromatic carbocycles. The highest BCUT2D eigenvalue weighted by atomic mass is 16.4. The first kappa shape index (κ1) is 13.1. The molecule has 0 spiro atoms. The van der Waals surface area contributed by atoms with Gasteiger partial charge in [-0.25, -0.2) is 0 Å². The fourth-order valence-corrected chi connectivity index (χ4v) is 2.22. The first-order chi connectivity index (χ1) is 8.46. The van der Waals surface area contributed by atoms with E-state index in [1.807, 2.05) is 18.2 Å². The molecule has 0 bridgehead atoms. The van der Waals surface area contributed by atoms with Gasteiger partial charge in [-0.2, -0.15) is 0 Å². The molecule has 0 aliphatic heterocycles. The molecule has 18 heavy (non-hydrogen) atoms. The third-order valence-electron chi connectivity index (χ3n) is 3.89. The van der Waals surface area contributed by atoms with Crippen LogP contribution in [0.15, 0.2) is 30.3 Å². The summed E-state index contributed by atoms with van der Waals surface area (Å²) < 4.78 is 0. The summed E-state index contributed by atoms with van der Waals surface area (Å²) >= 11 is 0. The topological polar surface area (TPSA) is 49.3 Å². The van der Waals surface area contributed by atoms with Crippen molar-refractivity contribution in [3.8, 4) is 0 Å². The van der Waals surface area contributed by atoms with Gasteiger partial charge in [-0.3, -0.25) is 4.79 Å². The smallest absolute Gasteiger partial charge is 0.310 e. The summed E-state index contributed by atoms with van der Waals surface area (Å²) in [5.74, 6) is -0.660. The molecule has 0 saturated heterocycles. The predicted molar refractivity (Wildman–Crippen MR) is 71.6 cm³/mol. The van der Waals surface area contributed by atoms with Crippen molar-refractivity contribution in [3.63, 3.8) is 0 Å². The van der Waals surface area contributed by atoms with Gasteiger partial charge in [0, 0.05) is 18.5 Å². The van der Waals surface area contributed by atoms with E-state index in [9.17, 15) is 4.79 Å². The van der Waals surface area contributed by atoms with E-state index < -0.39 is 11.4 Å². The van der Waals surface area contributed by atoms with Crippen molar-refractivity contribution in [2.45, 2.75) is 32.1 Å². The van der Waals surface area contributed by atoms with E-state index in [0.29, 0.717) is 6.54 Å². The maximum atomic E-state index is 11.1. The van der Waals surface area contributed by atoms with Gasteiger partial charge in [-0.15, -0.1) is 0 Å². The molecular weight excluding hydrogens is 226 g/mol. The van der Waals surface area contributed by atoms with Crippen LogP contribution in [0.1, 0.15) is 32.3 Å². The average molecular weight is 247 g/mol. The van der Waals surface area contributed by atoms with Crippen LogP contribution >= 0.6 is 0 Å². The van der Waals surface area contributed by atoms with Crippen LogP contribution < -0.4 is 5.32 Å². The highest BCUT2D eigenvalue weighted by Crippen LogP contribution is 2.45. The van der Waals surface area contributed by atoms with E-state index >= 15 is 0 Å². The molecule has 1 aliphatic rings. The van der Waals surface area contributed by atoms with E-state index in [1.165, 1.54) is 5.56 Å². The van der Waals surface area contributed by atoms with Crippen molar-refractivity contribution in [2.24, 2.45) is 5.41 Å². The van der Waals surface area contributed by atoms with Crippen LogP contribution in [0.3, 0.4) is 0 Å². The summed E-state index contributed by atoms with van der Waals surface area (Å²) in [7, 11) is 0. The zero-order valence-corrected chi connectivity index (χ0v) is 11.1. The number of carboxylic acids is 1. The Morgan fingerprint density at radius 1 is 1.33 bits per heavy atom. The Labute approximate surface area is 108 Å². The Balaban J connectivity index is 1.88. The Hall–Kier alpha value is -1.35. The number of carbonyl (C=O) groups is 1. The van der Waals surface area contributed by atoms with Crippen LogP contribution in [0.5, 0.6) is 0 Å². The van der Waals surface area contributed by atoms with Gasteiger partial charge in [0.2, 0.25) is 0 Å². The van der Waals surface area contributed by atoms with Gasteiger partial charge >= 0.3 is 5.97 Å². The van der Waals surface area contributed by atoms with Gasteiger partial charge in [0.25, 0.3) is 0 Å². The van der Waals surface area contributed by atoms with Gasteiger partial charge in [-0.1, -0.05) is 44.2 Å². The largest absolute Gasteiger partial charge is 0.481 e. The van der Waals surface area contributed by atoms with Gasteiger partial charge < -0.3 is 10.4 Å². The molecule has 2 rings (SSSR count). The minimum absolute atomic E-state index is 0.0237. The predicted octanol–water partition coefficient (Wildman–Crippen LogP) is 2.42. The number of rotatable bonds is 6. The summed E-state index contributed by atoms with van der Waals surface area (Å²) in [4.78, 5) is 11.1. The van der Waals surface area contributed by atoms with Crippen LogP contribution in [0.25, 0.3) is 0 Å². The molecule has 0 unspecified atom stereocenters. The van der Waals surface area contributed by atoms with Crippen molar-refractivity contribution in [2.75, 3.05) is 13.1 Å². The maximum absolute atomic E-state index is 11.1. The zero-order valence-electron chi connectivity index (χ0n) is 11.1. The monoisotopic (exact) mass is 247 g/mol. The summed E-state index contributed by atoms with van der Waals surface area (Å²) in [6.07, 6.45) is 1.61. The Morgan fingerprint density at radius 2 is 1.94 bits per heavy atom. The maximum Gasteiger partial charge on any atom is 0.310 e. The number of benzene rings is 1. The molecule has 1 aromatic rings. The van der Waals surface area contributed by atoms with Crippen molar-refractivity contribution in [3.05, 3.63) is 35.9 Å². The van der Waals surface area contributed by atoms with Crippen LogP contribution in [0.2, 0.25) is 0 Å². The third-order valence-corrected chi connectivity index (χ3v) is 3.89. The standard InChI is InChI=1S/C15H21NO2/c1-14(2,12-6-4-3-5-7-12)10-16-11-15(8-9-15)13(17)18/h3-7,16H,8-11H2,1-2H3,(H,17,18). The van der Waals surface area contributed by atoms with E-state index in [4.69, 9.17) is 5.11 Å². The Kier molecular flexibility index (Phi) is 3.44. The summed E-state index contributed by atoms with van der Waals surface area (Å²) in [5, 5.41) is 12.4. The molecule has 3 nitrogen and oxygen atoms in total. The second kappa shape index (κ2) is 4.73. The second-order valence-electron chi connectivity index (χ2n) is 5.94. The number of hydrogen-bond donors (Lipinski definition) is 2. The summed E-state index contributed by atoms with van der Waals surface area (Å²) in [5.41, 5.74) is 0.820. The second-order valence-corrected chi connectivity index (χ2v) is 5.94. The molecule has 1 fully saturated rings. The molecule has 2 N–H and O–H groups in total. The fourth-order valence-electron chi connectivity index (χ4n) is 2.22. The van der Waals surface area contributed by atoms with Crippen LogP contribution in [-0.2, 0) is 10.2 Å². The summed E-state index contributed by atoms with van der Waals surface area (Å²) in [6, 6.07) is 10.3. The Bertz CT molecular complexity index is 421. The molecule has 1 aliphatic carbocycles. The van der Waals surface area contributed by atoms with E-state index in [-0.39, 0.29) is 5.41 Å².